The molecular formula is C16H22N2O2. The third-order valence-electron chi connectivity index (χ3n) is 3.52. The van der Waals surface area contributed by atoms with Gasteiger partial charge in [-0.3, -0.25) is 4.79 Å². The molecular weight excluding hydrogens is 252 g/mol. The van der Waals surface area contributed by atoms with Crippen LogP contribution in [0.5, 0.6) is 0 Å². The van der Waals surface area contributed by atoms with E-state index >= 15 is 0 Å². The minimum atomic E-state index is -0.369. The minimum Gasteiger partial charge on any atom is -0.393 e. The summed E-state index contributed by atoms with van der Waals surface area (Å²) in [6, 6.07) is 6.20. The number of aliphatic hydroxyl groups excluding tert-OH is 1. The summed E-state index contributed by atoms with van der Waals surface area (Å²) < 4.78 is 0. The van der Waals surface area contributed by atoms with Gasteiger partial charge < -0.3 is 15.4 Å². The van der Waals surface area contributed by atoms with Gasteiger partial charge in [-0.1, -0.05) is 18.2 Å². The van der Waals surface area contributed by atoms with Gasteiger partial charge in [0.2, 0.25) is 5.91 Å². The lowest BCUT2D eigenvalue weighted by atomic mass is 10.1. The molecule has 1 unspecified atom stereocenters. The van der Waals surface area contributed by atoms with Gasteiger partial charge in [0.1, 0.15) is 0 Å². The van der Waals surface area contributed by atoms with E-state index in [1.165, 1.54) is 16.5 Å². The van der Waals surface area contributed by atoms with E-state index in [-0.39, 0.29) is 12.0 Å². The van der Waals surface area contributed by atoms with Gasteiger partial charge in [-0.2, -0.15) is 0 Å². The van der Waals surface area contributed by atoms with Crippen molar-refractivity contribution in [1.82, 2.24) is 10.3 Å². The van der Waals surface area contributed by atoms with E-state index in [9.17, 15) is 4.79 Å². The van der Waals surface area contributed by atoms with Crippen LogP contribution in [0.1, 0.15) is 30.9 Å². The molecule has 3 N–H and O–H groups in total. The molecule has 0 aliphatic rings. The van der Waals surface area contributed by atoms with Crippen molar-refractivity contribution in [2.75, 3.05) is 6.54 Å². The standard InChI is InChI=1S/C16H22N2O2/c1-11-4-3-5-14-13(10-18-16(11)14)6-7-15(20)17-9-8-12(2)19/h3-5,10,12,18-19H,6-9H2,1-2H3,(H,17,20). The molecule has 0 bridgehead atoms. The molecule has 0 spiro atoms. The van der Waals surface area contributed by atoms with E-state index in [4.69, 9.17) is 5.11 Å². The first-order valence-corrected chi connectivity index (χ1v) is 7.08. The number of para-hydroxylation sites is 1. The Labute approximate surface area is 119 Å². The molecule has 0 fully saturated rings. The highest BCUT2D eigenvalue weighted by atomic mass is 16.3. The molecule has 1 atom stereocenters. The molecule has 0 aliphatic heterocycles. The molecule has 1 amide bonds. The summed E-state index contributed by atoms with van der Waals surface area (Å²) >= 11 is 0. The molecule has 4 heteroatoms. The molecule has 4 nitrogen and oxygen atoms in total. The quantitative estimate of drug-likeness (QED) is 0.756. The van der Waals surface area contributed by atoms with Crippen molar-refractivity contribution in [3.8, 4) is 0 Å². The lowest BCUT2D eigenvalue weighted by Crippen LogP contribution is -2.26. The van der Waals surface area contributed by atoms with E-state index in [0.29, 0.717) is 19.4 Å². The Bertz CT molecular complexity index is 587. The largest absolute Gasteiger partial charge is 0.393 e. The average molecular weight is 274 g/mol. The van der Waals surface area contributed by atoms with Crippen LogP contribution in [0.25, 0.3) is 10.9 Å². The summed E-state index contributed by atoms with van der Waals surface area (Å²) in [6.07, 6.45) is 3.41. The number of aromatic amines is 1. The normalized spacial score (nSPS) is 12.6. The van der Waals surface area contributed by atoms with Gasteiger partial charge in [0.25, 0.3) is 0 Å². The molecule has 2 aromatic rings. The molecule has 1 heterocycles. The van der Waals surface area contributed by atoms with Crippen molar-refractivity contribution < 1.29 is 9.90 Å². The minimum absolute atomic E-state index is 0.0349. The lowest BCUT2D eigenvalue weighted by molar-refractivity contribution is -0.121. The van der Waals surface area contributed by atoms with Crippen molar-refractivity contribution in [3.63, 3.8) is 0 Å². The second-order valence-corrected chi connectivity index (χ2v) is 5.30. The number of aliphatic hydroxyl groups is 1. The number of carbonyl (C=O) groups is 1. The van der Waals surface area contributed by atoms with Crippen LogP contribution in [0.2, 0.25) is 0 Å². The maximum atomic E-state index is 11.7. The molecule has 1 aromatic heterocycles. The van der Waals surface area contributed by atoms with Crippen LogP contribution in [0.3, 0.4) is 0 Å². The molecule has 108 valence electrons. The van der Waals surface area contributed by atoms with Gasteiger partial charge >= 0.3 is 0 Å². The number of amides is 1. The average Bonchev–Trinajstić information content (AvgIpc) is 2.80. The zero-order valence-electron chi connectivity index (χ0n) is 12.1. The van der Waals surface area contributed by atoms with E-state index in [1.54, 1.807) is 6.92 Å². The summed E-state index contributed by atoms with van der Waals surface area (Å²) in [7, 11) is 0. The van der Waals surface area contributed by atoms with Crippen molar-refractivity contribution in [2.45, 2.75) is 39.2 Å². The van der Waals surface area contributed by atoms with Gasteiger partial charge in [0.05, 0.1) is 6.10 Å². The fourth-order valence-electron chi connectivity index (χ4n) is 2.33. The maximum absolute atomic E-state index is 11.7. The zero-order chi connectivity index (χ0) is 14.5. The number of H-pyrrole nitrogens is 1. The van der Waals surface area contributed by atoms with Gasteiger partial charge in [-0.25, -0.2) is 0 Å². The summed E-state index contributed by atoms with van der Waals surface area (Å²) in [4.78, 5) is 15.0. The monoisotopic (exact) mass is 274 g/mol. The zero-order valence-corrected chi connectivity index (χ0v) is 12.1. The number of nitrogens with one attached hydrogen (secondary N) is 2. The Hall–Kier alpha value is -1.81. The van der Waals surface area contributed by atoms with Gasteiger partial charge in [0.15, 0.2) is 0 Å². The predicted octanol–water partition coefficient (Wildman–Crippen LogP) is 2.30. The first kappa shape index (κ1) is 14.6. The number of benzene rings is 1. The molecule has 0 radical (unpaired) electrons. The Kier molecular flexibility index (Phi) is 4.79. The van der Waals surface area contributed by atoms with Crippen LogP contribution in [-0.2, 0) is 11.2 Å². The number of rotatable bonds is 6. The number of aromatic nitrogens is 1. The summed E-state index contributed by atoms with van der Waals surface area (Å²) in [5.41, 5.74) is 3.54. The Morgan fingerprint density at radius 1 is 1.45 bits per heavy atom. The fraction of sp³-hybridized carbons (Fsp3) is 0.438. The fourth-order valence-corrected chi connectivity index (χ4v) is 2.33. The first-order valence-electron chi connectivity index (χ1n) is 7.08. The third kappa shape index (κ3) is 3.61. The van der Waals surface area contributed by atoms with E-state index in [2.05, 4.69) is 29.4 Å². The van der Waals surface area contributed by atoms with Gasteiger partial charge in [-0.05, 0) is 37.8 Å². The highest BCUT2D eigenvalue weighted by Crippen LogP contribution is 2.22. The number of carbonyl (C=O) groups excluding carboxylic acids is 1. The first-order chi connectivity index (χ1) is 9.58. The summed E-state index contributed by atoms with van der Waals surface area (Å²) in [6.45, 7) is 4.33. The summed E-state index contributed by atoms with van der Waals surface area (Å²) in [5.74, 6) is 0.0349. The lowest BCUT2D eigenvalue weighted by Gasteiger charge is -2.06. The van der Waals surface area contributed by atoms with Crippen LogP contribution in [0.15, 0.2) is 24.4 Å². The SMILES string of the molecule is Cc1cccc2c(CCC(=O)NCCC(C)O)c[nH]c12. The number of fused-ring (bicyclic) bond motifs is 1. The molecule has 2 rings (SSSR count). The van der Waals surface area contributed by atoms with Gasteiger partial charge in [-0.15, -0.1) is 0 Å². The highest BCUT2D eigenvalue weighted by molar-refractivity contribution is 5.86. The maximum Gasteiger partial charge on any atom is 0.220 e. The van der Waals surface area contributed by atoms with Crippen molar-refractivity contribution in [2.24, 2.45) is 0 Å². The molecule has 0 saturated carbocycles. The second kappa shape index (κ2) is 6.57. The van der Waals surface area contributed by atoms with Gasteiger partial charge in [0, 0.05) is 30.1 Å². The van der Waals surface area contributed by atoms with Crippen LogP contribution in [0.4, 0.5) is 0 Å². The Balaban J connectivity index is 1.90. The number of aryl methyl sites for hydroxylation is 2. The van der Waals surface area contributed by atoms with E-state index < -0.39 is 0 Å². The number of hydrogen-bond donors (Lipinski definition) is 3. The Morgan fingerprint density at radius 3 is 3.00 bits per heavy atom. The smallest absolute Gasteiger partial charge is 0.220 e. The summed E-state index contributed by atoms with van der Waals surface area (Å²) in [5, 5.41) is 13.2. The Morgan fingerprint density at radius 2 is 2.25 bits per heavy atom. The van der Waals surface area contributed by atoms with E-state index in [1.807, 2.05) is 12.3 Å². The van der Waals surface area contributed by atoms with Crippen molar-refractivity contribution >= 4 is 16.8 Å². The topological polar surface area (TPSA) is 65.1 Å². The number of hydrogen-bond acceptors (Lipinski definition) is 2. The van der Waals surface area contributed by atoms with Crippen LogP contribution in [0, 0.1) is 6.92 Å². The predicted molar refractivity (Wildman–Crippen MR) is 80.7 cm³/mol. The third-order valence-corrected chi connectivity index (χ3v) is 3.52. The molecule has 0 saturated heterocycles. The molecule has 1 aromatic carbocycles. The second-order valence-electron chi connectivity index (χ2n) is 5.30. The van der Waals surface area contributed by atoms with Crippen LogP contribution in [-0.4, -0.2) is 28.6 Å². The van der Waals surface area contributed by atoms with Crippen LogP contribution < -0.4 is 5.32 Å². The van der Waals surface area contributed by atoms with Crippen LogP contribution >= 0.6 is 0 Å². The van der Waals surface area contributed by atoms with Crippen molar-refractivity contribution in [3.05, 3.63) is 35.5 Å². The van der Waals surface area contributed by atoms with Crippen molar-refractivity contribution in [1.29, 1.82) is 0 Å². The highest BCUT2D eigenvalue weighted by Gasteiger charge is 2.08. The van der Waals surface area contributed by atoms with E-state index in [0.717, 1.165) is 11.9 Å². The molecule has 0 aliphatic carbocycles. The molecule has 20 heavy (non-hydrogen) atoms.